The highest BCUT2D eigenvalue weighted by Crippen LogP contribution is 2.25. The molecule has 3 N–H and O–H groups in total. The second-order valence-electron chi connectivity index (χ2n) is 4.30. The number of carbonyl (C=O) groups is 1. The number of para-hydroxylation sites is 1. The monoisotopic (exact) mass is 261 g/mol. The van der Waals surface area contributed by atoms with Gasteiger partial charge in [0, 0.05) is 31.3 Å². The maximum Gasteiger partial charge on any atom is 0.319 e. The molecule has 19 heavy (non-hydrogen) atoms. The predicted molar refractivity (Wildman–Crippen MR) is 76.3 cm³/mol. The molecule has 102 valence electrons. The van der Waals surface area contributed by atoms with E-state index in [0.717, 1.165) is 23.1 Å². The van der Waals surface area contributed by atoms with Crippen molar-refractivity contribution in [3.8, 4) is 0 Å². The van der Waals surface area contributed by atoms with Gasteiger partial charge in [-0.1, -0.05) is 18.2 Å². The molecular weight excluding hydrogens is 242 g/mol. The minimum Gasteiger partial charge on any atom is -0.396 e. The molecule has 0 saturated heterocycles. The Balaban J connectivity index is 2.14. The lowest BCUT2D eigenvalue weighted by atomic mass is 10.2. The van der Waals surface area contributed by atoms with Crippen molar-refractivity contribution in [2.75, 3.05) is 18.5 Å². The number of aliphatic hydroxyl groups is 1. The Hall–Kier alpha value is -2.01. The second kappa shape index (κ2) is 6.24. The Bertz CT molecular complexity index is 563. The highest BCUT2D eigenvalue weighted by Gasteiger charge is 2.09. The van der Waals surface area contributed by atoms with Crippen molar-refractivity contribution in [3.63, 3.8) is 0 Å². The van der Waals surface area contributed by atoms with Crippen LogP contribution in [0.2, 0.25) is 0 Å². The average molecular weight is 261 g/mol. The molecule has 0 unspecified atom stereocenters. The summed E-state index contributed by atoms with van der Waals surface area (Å²) in [5.74, 6) is 0. The number of aliphatic hydroxyl groups excluding tert-OH is 1. The normalized spacial score (nSPS) is 10.6. The van der Waals surface area contributed by atoms with Gasteiger partial charge < -0.3 is 20.3 Å². The van der Waals surface area contributed by atoms with Crippen molar-refractivity contribution in [2.24, 2.45) is 0 Å². The van der Waals surface area contributed by atoms with E-state index in [1.807, 2.05) is 30.5 Å². The fourth-order valence-corrected chi connectivity index (χ4v) is 2.06. The molecule has 0 aliphatic carbocycles. The number of urea groups is 1. The van der Waals surface area contributed by atoms with E-state index < -0.39 is 0 Å². The minimum absolute atomic E-state index is 0.0788. The third kappa shape index (κ3) is 3.06. The van der Waals surface area contributed by atoms with Gasteiger partial charge in [0.25, 0.3) is 0 Å². The maximum absolute atomic E-state index is 11.7. The number of rotatable bonds is 5. The van der Waals surface area contributed by atoms with Crippen LogP contribution in [-0.4, -0.2) is 28.9 Å². The maximum atomic E-state index is 11.7. The van der Waals surface area contributed by atoms with Gasteiger partial charge in [0.15, 0.2) is 0 Å². The number of aromatic nitrogens is 1. The molecule has 1 aromatic carbocycles. The highest BCUT2D eigenvalue weighted by atomic mass is 16.3. The Morgan fingerprint density at radius 1 is 1.37 bits per heavy atom. The van der Waals surface area contributed by atoms with Crippen LogP contribution in [-0.2, 0) is 6.54 Å². The second-order valence-corrected chi connectivity index (χ2v) is 4.30. The predicted octanol–water partition coefficient (Wildman–Crippen LogP) is 2.17. The van der Waals surface area contributed by atoms with Crippen LogP contribution < -0.4 is 10.6 Å². The quantitative estimate of drug-likeness (QED) is 0.722. The van der Waals surface area contributed by atoms with Gasteiger partial charge in [-0.25, -0.2) is 4.79 Å². The van der Waals surface area contributed by atoms with Crippen molar-refractivity contribution >= 4 is 22.6 Å². The number of amides is 2. The van der Waals surface area contributed by atoms with Crippen LogP contribution in [0.25, 0.3) is 10.9 Å². The molecule has 0 radical (unpaired) electrons. The van der Waals surface area contributed by atoms with Gasteiger partial charge >= 0.3 is 6.03 Å². The van der Waals surface area contributed by atoms with E-state index in [0.29, 0.717) is 13.0 Å². The van der Waals surface area contributed by atoms with Crippen LogP contribution >= 0.6 is 0 Å². The van der Waals surface area contributed by atoms with Gasteiger partial charge in [0.1, 0.15) is 0 Å². The summed E-state index contributed by atoms with van der Waals surface area (Å²) in [6.07, 6.45) is 2.50. The van der Waals surface area contributed by atoms with E-state index in [9.17, 15) is 4.79 Å². The summed E-state index contributed by atoms with van der Waals surface area (Å²) < 4.78 is 2.10. The fourth-order valence-electron chi connectivity index (χ4n) is 2.06. The summed E-state index contributed by atoms with van der Waals surface area (Å²) in [6, 6.07) is 7.72. The Morgan fingerprint density at radius 2 is 2.16 bits per heavy atom. The largest absolute Gasteiger partial charge is 0.396 e. The topological polar surface area (TPSA) is 66.3 Å². The van der Waals surface area contributed by atoms with Crippen molar-refractivity contribution in [3.05, 3.63) is 30.5 Å². The third-order valence-corrected chi connectivity index (χ3v) is 3.00. The van der Waals surface area contributed by atoms with Gasteiger partial charge in [-0.15, -0.1) is 0 Å². The molecule has 0 saturated carbocycles. The molecule has 0 fully saturated rings. The number of carbonyl (C=O) groups excluding carboxylic acids is 1. The number of hydrogen-bond acceptors (Lipinski definition) is 2. The van der Waals surface area contributed by atoms with Crippen LogP contribution in [0.4, 0.5) is 10.5 Å². The standard InChI is InChI=1S/C14H19N3O2/c1-2-17-10-12(11-6-3-4-7-13(11)17)16-14(19)15-8-5-9-18/h3-4,6-7,10,18H,2,5,8-9H2,1H3,(H2,15,16,19). The summed E-state index contributed by atoms with van der Waals surface area (Å²) in [7, 11) is 0. The number of fused-ring (bicyclic) bond motifs is 1. The molecule has 5 heteroatoms. The van der Waals surface area contributed by atoms with Gasteiger partial charge in [0.05, 0.1) is 11.2 Å². The van der Waals surface area contributed by atoms with E-state index in [2.05, 4.69) is 22.1 Å². The number of nitrogens with zero attached hydrogens (tertiary/aromatic N) is 1. The van der Waals surface area contributed by atoms with Crippen LogP contribution in [0, 0.1) is 0 Å². The van der Waals surface area contributed by atoms with E-state index >= 15 is 0 Å². The SMILES string of the molecule is CCn1cc(NC(=O)NCCCO)c2ccccc21. The molecule has 0 aliphatic rings. The first kappa shape index (κ1) is 13.4. The van der Waals surface area contributed by atoms with Crippen LogP contribution in [0.5, 0.6) is 0 Å². The fraction of sp³-hybridized carbons (Fsp3) is 0.357. The Labute approximate surface area is 112 Å². The molecule has 0 spiro atoms. The molecule has 2 amide bonds. The van der Waals surface area contributed by atoms with Crippen LogP contribution in [0.15, 0.2) is 30.5 Å². The molecule has 1 aromatic heterocycles. The smallest absolute Gasteiger partial charge is 0.319 e. The van der Waals surface area contributed by atoms with E-state index in [1.54, 1.807) is 0 Å². The zero-order valence-electron chi connectivity index (χ0n) is 11.0. The van der Waals surface area contributed by atoms with E-state index in [4.69, 9.17) is 5.11 Å². The minimum atomic E-state index is -0.243. The lowest BCUT2D eigenvalue weighted by Gasteiger charge is -2.05. The Morgan fingerprint density at radius 3 is 2.89 bits per heavy atom. The van der Waals surface area contributed by atoms with E-state index in [-0.39, 0.29) is 12.6 Å². The van der Waals surface area contributed by atoms with Gasteiger partial charge in [-0.05, 0) is 19.4 Å². The first-order valence-electron chi connectivity index (χ1n) is 6.50. The van der Waals surface area contributed by atoms with Crippen molar-refractivity contribution in [2.45, 2.75) is 19.9 Å². The number of benzene rings is 1. The molecule has 1 heterocycles. The number of nitrogens with one attached hydrogen (secondary N) is 2. The lowest BCUT2D eigenvalue weighted by Crippen LogP contribution is -2.29. The van der Waals surface area contributed by atoms with Crippen molar-refractivity contribution in [1.29, 1.82) is 0 Å². The molecule has 5 nitrogen and oxygen atoms in total. The first-order chi connectivity index (χ1) is 9.26. The summed E-state index contributed by atoms with van der Waals surface area (Å²) in [5, 5.41) is 15.3. The molecule has 2 rings (SSSR count). The van der Waals surface area contributed by atoms with Crippen molar-refractivity contribution in [1.82, 2.24) is 9.88 Å². The number of aryl methyl sites for hydroxylation is 1. The van der Waals surface area contributed by atoms with Crippen molar-refractivity contribution < 1.29 is 9.90 Å². The van der Waals surface area contributed by atoms with Gasteiger partial charge in [0.2, 0.25) is 0 Å². The Kier molecular flexibility index (Phi) is 4.41. The molecule has 0 aliphatic heterocycles. The lowest BCUT2D eigenvalue weighted by molar-refractivity contribution is 0.249. The number of hydrogen-bond donors (Lipinski definition) is 3. The van der Waals surface area contributed by atoms with E-state index in [1.165, 1.54) is 0 Å². The van der Waals surface area contributed by atoms with Gasteiger partial charge in [-0.3, -0.25) is 0 Å². The zero-order chi connectivity index (χ0) is 13.7. The van der Waals surface area contributed by atoms with Gasteiger partial charge in [-0.2, -0.15) is 0 Å². The molecule has 2 aromatic rings. The number of anilines is 1. The zero-order valence-corrected chi connectivity index (χ0v) is 11.0. The summed E-state index contributed by atoms with van der Waals surface area (Å²) in [5.41, 5.74) is 1.91. The first-order valence-corrected chi connectivity index (χ1v) is 6.50. The summed E-state index contributed by atoms with van der Waals surface area (Å²) in [4.78, 5) is 11.7. The van der Waals surface area contributed by atoms with Crippen LogP contribution in [0.1, 0.15) is 13.3 Å². The molecule has 0 atom stereocenters. The highest BCUT2D eigenvalue weighted by molar-refractivity contribution is 6.01. The molecule has 0 bridgehead atoms. The molecular formula is C14H19N3O2. The summed E-state index contributed by atoms with van der Waals surface area (Å²) >= 11 is 0. The average Bonchev–Trinajstić information content (AvgIpc) is 2.77. The van der Waals surface area contributed by atoms with Crippen LogP contribution in [0.3, 0.4) is 0 Å². The summed E-state index contributed by atoms with van der Waals surface area (Å²) in [6.45, 7) is 3.47. The third-order valence-electron chi connectivity index (χ3n) is 3.00.